The zero-order valence-electron chi connectivity index (χ0n) is 23.9. The average molecular weight is 581 g/mol. The summed E-state index contributed by atoms with van der Waals surface area (Å²) in [6, 6.07) is 11.0. The lowest BCUT2D eigenvalue weighted by Gasteiger charge is -2.41. The third kappa shape index (κ3) is 6.21. The van der Waals surface area contributed by atoms with Crippen molar-refractivity contribution in [3.63, 3.8) is 0 Å². The molecule has 2 saturated heterocycles. The Labute approximate surface area is 242 Å². The van der Waals surface area contributed by atoms with E-state index in [4.69, 9.17) is 9.72 Å². The fourth-order valence-electron chi connectivity index (χ4n) is 6.74. The largest absolute Gasteiger partial charge is 0.493 e. The van der Waals surface area contributed by atoms with Crippen LogP contribution in [-0.2, 0) is 14.6 Å². The van der Waals surface area contributed by atoms with Crippen molar-refractivity contribution in [2.45, 2.75) is 63.1 Å². The van der Waals surface area contributed by atoms with Crippen LogP contribution in [0.1, 0.15) is 44.9 Å². The van der Waals surface area contributed by atoms with Crippen molar-refractivity contribution in [3.8, 4) is 11.6 Å². The van der Waals surface area contributed by atoms with Crippen molar-refractivity contribution in [1.82, 2.24) is 24.3 Å². The van der Waals surface area contributed by atoms with Gasteiger partial charge in [0.15, 0.2) is 0 Å². The lowest BCUT2D eigenvalue weighted by molar-refractivity contribution is -0.139. The van der Waals surface area contributed by atoms with Gasteiger partial charge in [-0.25, -0.2) is 13.4 Å². The molecule has 2 aliphatic heterocycles. The van der Waals surface area contributed by atoms with Crippen molar-refractivity contribution in [1.29, 1.82) is 0 Å². The zero-order chi connectivity index (χ0) is 28.6. The summed E-state index contributed by atoms with van der Waals surface area (Å²) in [5.41, 5.74) is 0.951. The molecule has 0 spiro atoms. The maximum Gasteiger partial charge on any atom is 0.225 e. The van der Waals surface area contributed by atoms with E-state index in [2.05, 4.69) is 27.1 Å². The fourth-order valence-corrected chi connectivity index (χ4v) is 7.38. The SMILES string of the molecule is CN1C2CCC1CN(C(=O)[C@H]1CC[C@H](Nc3nccc(-n4ccc5c(OCCCS(C)(=O)=O)cccc54)n3)CC1)C2. The van der Waals surface area contributed by atoms with Crippen LogP contribution in [0.25, 0.3) is 16.7 Å². The third-order valence-electron chi connectivity index (χ3n) is 9.07. The topological polar surface area (TPSA) is 110 Å². The maximum absolute atomic E-state index is 13.3. The number of anilines is 1. The summed E-state index contributed by atoms with van der Waals surface area (Å²) in [4.78, 5) is 27.2. The molecule has 2 unspecified atom stereocenters. The van der Waals surface area contributed by atoms with Crippen LogP contribution >= 0.6 is 0 Å². The van der Waals surface area contributed by atoms with E-state index in [0.717, 1.165) is 61.2 Å². The van der Waals surface area contributed by atoms with Crippen LogP contribution < -0.4 is 10.1 Å². The normalized spacial score (nSPS) is 25.0. The molecule has 2 atom stereocenters. The Morgan fingerprint density at radius 2 is 1.80 bits per heavy atom. The Bertz CT molecular complexity index is 1490. The van der Waals surface area contributed by atoms with Gasteiger partial charge in [0.05, 0.1) is 17.9 Å². The van der Waals surface area contributed by atoms with Crippen LogP contribution in [0.15, 0.2) is 42.7 Å². The molecule has 1 aliphatic carbocycles. The number of nitrogens with zero attached hydrogens (tertiary/aromatic N) is 5. The summed E-state index contributed by atoms with van der Waals surface area (Å²) in [6.45, 7) is 2.11. The monoisotopic (exact) mass is 580 g/mol. The van der Waals surface area contributed by atoms with Gasteiger partial charge < -0.3 is 19.5 Å². The molecule has 220 valence electrons. The predicted octanol–water partition coefficient (Wildman–Crippen LogP) is 3.51. The maximum atomic E-state index is 13.3. The van der Waals surface area contributed by atoms with Gasteiger partial charge in [-0.2, -0.15) is 4.98 Å². The molecule has 1 saturated carbocycles. The number of rotatable bonds is 9. The van der Waals surface area contributed by atoms with Crippen molar-refractivity contribution in [2.75, 3.05) is 44.1 Å². The van der Waals surface area contributed by atoms with E-state index < -0.39 is 9.84 Å². The molecule has 1 amide bonds. The predicted molar refractivity (Wildman–Crippen MR) is 159 cm³/mol. The number of fused-ring (bicyclic) bond motifs is 3. The number of likely N-dealkylation sites (tertiary alicyclic amines) is 1. The van der Waals surface area contributed by atoms with E-state index in [9.17, 15) is 13.2 Å². The average Bonchev–Trinajstić information content (AvgIpc) is 3.46. The first-order chi connectivity index (χ1) is 19.7. The molecular formula is C30H40N6O4S. The Morgan fingerprint density at radius 1 is 1.05 bits per heavy atom. The van der Waals surface area contributed by atoms with Gasteiger partial charge in [-0.3, -0.25) is 9.69 Å². The number of aromatic nitrogens is 3. The lowest BCUT2D eigenvalue weighted by atomic mass is 9.85. The molecule has 1 aromatic carbocycles. The number of sulfone groups is 1. The highest BCUT2D eigenvalue weighted by atomic mass is 32.2. The minimum atomic E-state index is -3.01. The fraction of sp³-hybridized carbons (Fsp3) is 0.567. The second kappa shape index (κ2) is 11.6. The van der Waals surface area contributed by atoms with Crippen molar-refractivity contribution >= 4 is 32.6 Å². The van der Waals surface area contributed by atoms with Crippen LogP contribution in [0, 0.1) is 5.92 Å². The number of likely N-dealkylation sites (N-methyl/N-ethyl adjacent to an activating group) is 1. The molecule has 1 N–H and O–H groups in total. The summed E-state index contributed by atoms with van der Waals surface area (Å²) in [5.74, 6) is 2.64. The molecule has 2 bridgehead atoms. The molecule has 3 aromatic rings. The summed E-state index contributed by atoms with van der Waals surface area (Å²) >= 11 is 0. The standard InChI is InChI=1S/C30H40N6O4S/c1-34-23-11-12-24(34)20-35(19-23)29(37)21-7-9-22(10-8-21)32-30-31-15-13-28(33-30)36-16-14-25-26(36)5-3-6-27(25)40-17-4-18-41(2,38)39/h3,5-6,13-16,21-24H,4,7-12,17-20H2,1-2H3,(H,31,32,33)/t21-,22-,23?,24?. The number of carbonyl (C=O) groups excluding carboxylic acids is 1. The van der Waals surface area contributed by atoms with Gasteiger partial charge in [0.2, 0.25) is 11.9 Å². The highest BCUT2D eigenvalue weighted by molar-refractivity contribution is 7.90. The van der Waals surface area contributed by atoms with Gasteiger partial charge in [0, 0.05) is 61.2 Å². The summed E-state index contributed by atoms with van der Waals surface area (Å²) in [5, 5.41) is 4.46. The van der Waals surface area contributed by atoms with Crippen LogP contribution in [-0.4, -0.2) is 95.5 Å². The van der Waals surface area contributed by atoms with E-state index in [0.29, 0.717) is 37.0 Å². The number of hydrogen-bond donors (Lipinski definition) is 1. The van der Waals surface area contributed by atoms with Crippen molar-refractivity contribution in [3.05, 3.63) is 42.7 Å². The number of hydrogen-bond acceptors (Lipinski definition) is 8. The van der Waals surface area contributed by atoms with E-state index in [1.807, 2.05) is 41.1 Å². The Morgan fingerprint density at radius 3 is 2.54 bits per heavy atom. The highest BCUT2D eigenvalue weighted by Crippen LogP contribution is 2.33. The molecular weight excluding hydrogens is 540 g/mol. The van der Waals surface area contributed by atoms with Gasteiger partial charge >= 0.3 is 0 Å². The Hall–Kier alpha value is -3.18. The van der Waals surface area contributed by atoms with Crippen molar-refractivity contribution < 1.29 is 17.9 Å². The lowest BCUT2D eigenvalue weighted by Crippen LogP contribution is -2.55. The molecule has 6 rings (SSSR count). The second-order valence-corrected chi connectivity index (χ2v) is 14.2. The molecule has 3 fully saturated rings. The van der Waals surface area contributed by atoms with Gasteiger partial charge in [0.1, 0.15) is 21.4 Å². The number of piperazine rings is 1. The van der Waals surface area contributed by atoms with E-state index in [1.165, 1.54) is 19.1 Å². The number of ether oxygens (including phenoxy) is 1. The first-order valence-electron chi connectivity index (χ1n) is 14.8. The molecule has 4 heterocycles. The number of carbonyl (C=O) groups is 1. The van der Waals surface area contributed by atoms with Gasteiger partial charge in [-0.15, -0.1) is 0 Å². The van der Waals surface area contributed by atoms with Gasteiger partial charge in [0.25, 0.3) is 0 Å². The van der Waals surface area contributed by atoms with Gasteiger partial charge in [-0.05, 0) is 76.3 Å². The second-order valence-electron chi connectivity index (χ2n) is 11.9. The highest BCUT2D eigenvalue weighted by Gasteiger charge is 2.41. The van der Waals surface area contributed by atoms with Crippen LogP contribution in [0.3, 0.4) is 0 Å². The molecule has 41 heavy (non-hydrogen) atoms. The first-order valence-corrected chi connectivity index (χ1v) is 16.8. The van der Waals surface area contributed by atoms with Crippen molar-refractivity contribution in [2.24, 2.45) is 5.92 Å². The Balaban J connectivity index is 1.06. The first kappa shape index (κ1) is 28.0. The molecule has 3 aliphatic rings. The molecule has 10 nitrogen and oxygen atoms in total. The zero-order valence-corrected chi connectivity index (χ0v) is 24.7. The molecule has 0 radical (unpaired) electrons. The Kier molecular flexibility index (Phi) is 7.91. The quantitative estimate of drug-likeness (QED) is 0.383. The molecule has 2 aromatic heterocycles. The summed E-state index contributed by atoms with van der Waals surface area (Å²) in [7, 11) is -0.801. The van der Waals surface area contributed by atoms with Crippen LogP contribution in [0.2, 0.25) is 0 Å². The minimum absolute atomic E-state index is 0.107. The minimum Gasteiger partial charge on any atom is -0.493 e. The molecule has 11 heteroatoms. The number of amides is 1. The van der Waals surface area contributed by atoms with Crippen LogP contribution in [0.5, 0.6) is 5.75 Å². The smallest absolute Gasteiger partial charge is 0.225 e. The van der Waals surface area contributed by atoms with Gasteiger partial charge in [-0.1, -0.05) is 6.07 Å². The van der Waals surface area contributed by atoms with E-state index in [1.54, 1.807) is 6.20 Å². The summed E-state index contributed by atoms with van der Waals surface area (Å²) < 4.78 is 30.7. The number of nitrogens with one attached hydrogen (secondary N) is 1. The third-order valence-corrected chi connectivity index (χ3v) is 10.1. The van der Waals surface area contributed by atoms with Crippen LogP contribution in [0.4, 0.5) is 5.95 Å². The summed E-state index contributed by atoms with van der Waals surface area (Å²) in [6.07, 6.45) is 11.5. The van der Waals surface area contributed by atoms with E-state index in [-0.39, 0.29) is 17.7 Å². The van der Waals surface area contributed by atoms with E-state index >= 15 is 0 Å². The number of benzene rings is 1.